The zero-order valence-electron chi connectivity index (χ0n) is 14.2. The van der Waals surface area contributed by atoms with Crippen molar-refractivity contribution in [2.45, 2.75) is 30.1 Å². The van der Waals surface area contributed by atoms with Gasteiger partial charge in [-0.15, -0.1) is 0 Å². The highest BCUT2D eigenvalue weighted by Crippen LogP contribution is 2.37. The van der Waals surface area contributed by atoms with Crippen molar-refractivity contribution in [2.24, 2.45) is 0 Å². The van der Waals surface area contributed by atoms with Crippen LogP contribution in [0.5, 0.6) is 0 Å². The maximum absolute atomic E-state index is 13.3. The lowest BCUT2D eigenvalue weighted by Crippen LogP contribution is -2.49. The molecule has 0 fully saturated rings. The third-order valence-electron chi connectivity index (χ3n) is 4.46. The Kier molecular flexibility index (Phi) is 5.00. The normalized spacial score (nSPS) is 18.0. The third kappa shape index (κ3) is 3.57. The second-order valence-corrected chi connectivity index (χ2v) is 7.91. The van der Waals surface area contributed by atoms with Gasteiger partial charge in [0.15, 0.2) is 0 Å². The summed E-state index contributed by atoms with van der Waals surface area (Å²) in [5.41, 5.74) is 0.113. The number of methoxy groups -OCH3 is 1. The molecule has 0 bridgehead atoms. The lowest BCUT2D eigenvalue weighted by atomic mass is 9.96. The molecule has 0 amide bonds. The molecule has 0 saturated carbocycles. The molecule has 2 aromatic rings. The topological polar surface area (TPSA) is 63.7 Å². The highest BCUT2D eigenvalue weighted by molar-refractivity contribution is 7.89. The molecule has 2 aromatic carbocycles. The molecule has 1 heterocycles. The number of ether oxygens (including phenoxy) is 1. The molecule has 0 saturated heterocycles. The monoisotopic (exact) mass is 399 g/mol. The fourth-order valence-electron chi connectivity index (χ4n) is 3.14. The molecule has 144 valence electrons. The zero-order valence-corrected chi connectivity index (χ0v) is 15.0. The van der Waals surface area contributed by atoms with Gasteiger partial charge in [-0.3, -0.25) is 4.79 Å². The molecule has 0 unspecified atom stereocenters. The van der Waals surface area contributed by atoms with E-state index in [0.29, 0.717) is 11.6 Å². The van der Waals surface area contributed by atoms with Crippen LogP contribution in [-0.4, -0.2) is 31.8 Å². The second-order valence-electron chi connectivity index (χ2n) is 6.06. The molecular weight excluding hydrogens is 383 g/mol. The lowest BCUT2D eigenvalue weighted by molar-refractivity contribution is -0.145. The van der Waals surface area contributed by atoms with E-state index < -0.39 is 38.7 Å². The molecule has 27 heavy (non-hydrogen) atoms. The van der Waals surface area contributed by atoms with Crippen molar-refractivity contribution in [3.05, 3.63) is 65.2 Å². The van der Waals surface area contributed by atoms with Crippen molar-refractivity contribution < 1.29 is 31.1 Å². The van der Waals surface area contributed by atoms with Gasteiger partial charge in [0.1, 0.15) is 6.04 Å². The highest BCUT2D eigenvalue weighted by Gasteiger charge is 2.44. The Hall–Kier alpha value is -2.39. The van der Waals surface area contributed by atoms with Crippen LogP contribution >= 0.6 is 0 Å². The summed E-state index contributed by atoms with van der Waals surface area (Å²) in [5.74, 6) is -0.822. The average Bonchev–Trinajstić information content (AvgIpc) is 2.65. The number of hydrogen-bond donors (Lipinski definition) is 0. The van der Waals surface area contributed by atoms with E-state index in [9.17, 15) is 26.4 Å². The first-order chi connectivity index (χ1) is 12.7. The van der Waals surface area contributed by atoms with Crippen LogP contribution < -0.4 is 0 Å². The first-order valence-corrected chi connectivity index (χ1v) is 9.43. The summed E-state index contributed by atoms with van der Waals surface area (Å²) < 4.78 is 71.7. The summed E-state index contributed by atoms with van der Waals surface area (Å²) in [6.45, 7) is -0.218. The maximum atomic E-state index is 13.3. The highest BCUT2D eigenvalue weighted by atomic mass is 32.2. The maximum Gasteiger partial charge on any atom is 0.417 e. The van der Waals surface area contributed by atoms with E-state index in [0.717, 1.165) is 29.1 Å². The summed E-state index contributed by atoms with van der Waals surface area (Å²) in [7, 11) is -3.50. The van der Waals surface area contributed by atoms with Crippen LogP contribution in [-0.2, 0) is 38.7 Å². The molecule has 1 aliphatic rings. The smallest absolute Gasteiger partial charge is 0.417 e. The number of esters is 1. The van der Waals surface area contributed by atoms with Crippen LogP contribution in [0.25, 0.3) is 0 Å². The first kappa shape index (κ1) is 19.4. The number of hydrogen-bond acceptors (Lipinski definition) is 4. The van der Waals surface area contributed by atoms with E-state index >= 15 is 0 Å². The van der Waals surface area contributed by atoms with Crippen molar-refractivity contribution in [2.75, 3.05) is 7.11 Å². The standard InChI is InChI=1S/C18H16F3NO4S/c1-26-17(23)15-10-12-6-2-3-7-13(12)11-22(15)27(24,25)16-9-5-4-8-14(16)18(19,20)21/h2-9,15H,10-11H2,1H3/t15-/m0/s1. The van der Waals surface area contributed by atoms with Gasteiger partial charge in [0.25, 0.3) is 0 Å². The Balaban J connectivity index is 2.14. The van der Waals surface area contributed by atoms with Crippen LogP contribution in [0.15, 0.2) is 53.4 Å². The van der Waals surface area contributed by atoms with Crippen LogP contribution in [0, 0.1) is 0 Å². The van der Waals surface area contributed by atoms with Gasteiger partial charge >= 0.3 is 12.1 Å². The van der Waals surface area contributed by atoms with Crippen molar-refractivity contribution in [1.29, 1.82) is 0 Å². The summed E-state index contributed by atoms with van der Waals surface area (Å²) in [6, 6.07) is 9.57. The molecule has 1 aliphatic heterocycles. The molecule has 0 radical (unpaired) electrons. The van der Waals surface area contributed by atoms with Gasteiger partial charge in [-0.2, -0.15) is 17.5 Å². The Morgan fingerprint density at radius 2 is 1.67 bits per heavy atom. The molecule has 9 heteroatoms. The molecule has 0 aliphatic carbocycles. The minimum Gasteiger partial charge on any atom is -0.468 e. The molecule has 3 rings (SSSR count). The van der Waals surface area contributed by atoms with E-state index in [-0.39, 0.29) is 13.0 Å². The van der Waals surface area contributed by atoms with Crippen molar-refractivity contribution in [3.63, 3.8) is 0 Å². The number of nitrogens with zero attached hydrogens (tertiary/aromatic N) is 1. The van der Waals surface area contributed by atoms with Crippen LogP contribution in [0.4, 0.5) is 13.2 Å². The van der Waals surface area contributed by atoms with Crippen molar-refractivity contribution in [1.82, 2.24) is 4.31 Å². The number of rotatable bonds is 3. The summed E-state index contributed by atoms with van der Waals surface area (Å²) in [4.78, 5) is 11.3. The van der Waals surface area contributed by atoms with Crippen LogP contribution in [0.3, 0.4) is 0 Å². The molecular formula is C18H16F3NO4S. The third-order valence-corrected chi connectivity index (χ3v) is 6.37. The lowest BCUT2D eigenvalue weighted by Gasteiger charge is -2.34. The molecule has 0 N–H and O–H groups in total. The van der Waals surface area contributed by atoms with E-state index in [4.69, 9.17) is 4.74 Å². The summed E-state index contributed by atoms with van der Waals surface area (Å²) in [5, 5.41) is 0. The van der Waals surface area contributed by atoms with Gasteiger partial charge in [-0.05, 0) is 23.3 Å². The van der Waals surface area contributed by atoms with Crippen molar-refractivity contribution >= 4 is 16.0 Å². The van der Waals surface area contributed by atoms with E-state index in [2.05, 4.69) is 0 Å². The SMILES string of the molecule is COC(=O)[C@@H]1Cc2ccccc2CN1S(=O)(=O)c1ccccc1C(F)(F)F. The van der Waals surface area contributed by atoms with Gasteiger partial charge in [-0.1, -0.05) is 36.4 Å². The van der Waals surface area contributed by atoms with E-state index in [1.807, 2.05) is 0 Å². The zero-order chi connectivity index (χ0) is 19.8. The molecule has 1 atom stereocenters. The number of carbonyl (C=O) groups excluding carboxylic acids is 1. The fraction of sp³-hybridized carbons (Fsp3) is 0.278. The number of alkyl halides is 3. The Morgan fingerprint density at radius 1 is 1.07 bits per heavy atom. The van der Waals surface area contributed by atoms with Crippen molar-refractivity contribution in [3.8, 4) is 0 Å². The number of benzene rings is 2. The van der Waals surface area contributed by atoms with Gasteiger partial charge in [-0.25, -0.2) is 8.42 Å². The van der Waals surface area contributed by atoms with Crippen LogP contribution in [0.2, 0.25) is 0 Å². The van der Waals surface area contributed by atoms with Gasteiger partial charge in [0.2, 0.25) is 10.0 Å². The number of sulfonamides is 1. The molecule has 0 aromatic heterocycles. The van der Waals surface area contributed by atoms with E-state index in [1.54, 1.807) is 24.3 Å². The van der Waals surface area contributed by atoms with Gasteiger partial charge in [0.05, 0.1) is 17.6 Å². The first-order valence-electron chi connectivity index (χ1n) is 7.99. The van der Waals surface area contributed by atoms with Crippen LogP contribution in [0.1, 0.15) is 16.7 Å². The molecule has 0 spiro atoms. The van der Waals surface area contributed by atoms with Gasteiger partial charge in [0, 0.05) is 13.0 Å². The summed E-state index contributed by atoms with van der Waals surface area (Å²) >= 11 is 0. The van der Waals surface area contributed by atoms with Gasteiger partial charge < -0.3 is 4.74 Å². The number of halogens is 3. The minimum absolute atomic E-state index is 0.0241. The predicted molar refractivity (Wildman–Crippen MR) is 90.1 cm³/mol. The minimum atomic E-state index is -4.85. The number of carbonyl (C=O) groups is 1. The average molecular weight is 399 g/mol. The largest absolute Gasteiger partial charge is 0.468 e. The predicted octanol–water partition coefficient (Wildman–Crippen LogP) is 2.99. The quantitative estimate of drug-likeness (QED) is 0.745. The molecule has 5 nitrogen and oxygen atoms in total. The van der Waals surface area contributed by atoms with E-state index in [1.165, 1.54) is 6.07 Å². The number of fused-ring (bicyclic) bond motifs is 1. The Labute approximate surface area is 154 Å². The summed E-state index contributed by atoms with van der Waals surface area (Å²) in [6.07, 6.45) is -4.83. The fourth-order valence-corrected chi connectivity index (χ4v) is 4.91. The second kappa shape index (κ2) is 6.97. The Bertz CT molecular complexity index is 973. The Morgan fingerprint density at radius 3 is 2.30 bits per heavy atom.